The van der Waals surface area contributed by atoms with Gasteiger partial charge in [-0.2, -0.15) is 0 Å². The zero-order valence-corrected chi connectivity index (χ0v) is 15.1. The van der Waals surface area contributed by atoms with E-state index in [0.717, 1.165) is 0 Å². The minimum atomic E-state index is -1.04. The number of esters is 1. The van der Waals surface area contributed by atoms with Crippen LogP contribution in [0.4, 0.5) is 11.4 Å². The number of ketones is 1. The van der Waals surface area contributed by atoms with E-state index in [1.807, 2.05) is 0 Å². The SMILES string of the molecule is CC(=O)c1ccccc1NC(=O)COC(=O)C[C@@H]1Oc2ccccc2NC1=O. The minimum Gasteiger partial charge on any atom is -0.478 e. The normalized spacial score (nSPS) is 14.9. The molecular formula is C20H18N2O6. The molecule has 0 saturated heterocycles. The van der Waals surface area contributed by atoms with E-state index in [9.17, 15) is 19.2 Å². The van der Waals surface area contributed by atoms with Crippen LogP contribution in [-0.2, 0) is 19.1 Å². The first kappa shape index (κ1) is 19.1. The molecule has 1 aliphatic rings. The van der Waals surface area contributed by atoms with Gasteiger partial charge in [0, 0.05) is 5.56 Å². The lowest BCUT2D eigenvalue weighted by Crippen LogP contribution is -2.39. The maximum Gasteiger partial charge on any atom is 0.310 e. The fourth-order valence-corrected chi connectivity index (χ4v) is 2.67. The number of para-hydroxylation sites is 3. The predicted octanol–water partition coefficient (Wildman–Crippen LogP) is 2.16. The highest BCUT2D eigenvalue weighted by Gasteiger charge is 2.30. The van der Waals surface area contributed by atoms with Crippen LogP contribution in [0.25, 0.3) is 0 Å². The van der Waals surface area contributed by atoms with Crippen molar-refractivity contribution in [2.24, 2.45) is 0 Å². The van der Waals surface area contributed by atoms with Crippen molar-refractivity contribution in [3.05, 3.63) is 54.1 Å². The van der Waals surface area contributed by atoms with E-state index in [1.54, 1.807) is 48.5 Å². The Morgan fingerprint density at radius 3 is 2.61 bits per heavy atom. The van der Waals surface area contributed by atoms with E-state index >= 15 is 0 Å². The standard InChI is InChI=1S/C20H18N2O6/c1-12(23)13-6-2-3-7-14(13)21-18(24)11-27-19(25)10-17-20(26)22-15-8-4-5-9-16(15)28-17/h2-9,17H,10-11H2,1H3,(H,21,24)(H,22,26)/t17-/m0/s1. The number of carbonyl (C=O) groups is 4. The van der Waals surface area contributed by atoms with Crippen molar-refractivity contribution in [2.75, 3.05) is 17.2 Å². The number of amides is 2. The minimum absolute atomic E-state index is 0.200. The summed E-state index contributed by atoms with van der Waals surface area (Å²) in [6.07, 6.45) is -1.37. The second-order valence-electron chi connectivity index (χ2n) is 6.11. The van der Waals surface area contributed by atoms with Crippen LogP contribution in [0.3, 0.4) is 0 Å². The number of hydrogen-bond donors (Lipinski definition) is 2. The van der Waals surface area contributed by atoms with Gasteiger partial charge in [0.25, 0.3) is 11.8 Å². The van der Waals surface area contributed by atoms with Gasteiger partial charge in [0.1, 0.15) is 5.75 Å². The molecule has 2 N–H and O–H groups in total. The van der Waals surface area contributed by atoms with Gasteiger partial charge in [-0.3, -0.25) is 19.2 Å². The van der Waals surface area contributed by atoms with Gasteiger partial charge in [0.15, 0.2) is 18.5 Å². The molecule has 144 valence electrons. The number of hydrogen-bond acceptors (Lipinski definition) is 6. The lowest BCUT2D eigenvalue weighted by molar-refractivity contribution is -0.150. The summed E-state index contributed by atoms with van der Waals surface area (Å²) in [4.78, 5) is 47.6. The highest BCUT2D eigenvalue weighted by atomic mass is 16.5. The molecule has 0 fully saturated rings. The van der Waals surface area contributed by atoms with Crippen LogP contribution in [0.2, 0.25) is 0 Å². The zero-order valence-electron chi connectivity index (χ0n) is 15.1. The third-order valence-electron chi connectivity index (χ3n) is 4.00. The van der Waals surface area contributed by atoms with Crippen molar-refractivity contribution in [3.8, 4) is 5.75 Å². The third-order valence-corrected chi connectivity index (χ3v) is 4.00. The van der Waals surface area contributed by atoms with Crippen molar-refractivity contribution in [1.82, 2.24) is 0 Å². The first-order valence-corrected chi connectivity index (χ1v) is 8.56. The quantitative estimate of drug-likeness (QED) is 0.585. The Morgan fingerprint density at radius 2 is 1.82 bits per heavy atom. The largest absolute Gasteiger partial charge is 0.478 e. The van der Waals surface area contributed by atoms with E-state index in [-0.39, 0.29) is 12.2 Å². The molecule has 0 unspecified atom stereocenters. The van der Waals surface area contributed by atoms with Crippen LogP contribution in [0.5, 0.6) is 5.75 Å². The fourth-order valence-electron chi connectivity index (χ4n) is 2.67. The van der Waals surface area contributed by atoms with Gasteiger partial charge in [-0.1, -0.05) is 24.3 Å². The topological polar surface area (TPSA) is 111 Å². The maximum atomic E-state index is 12.0. The molecular weight excluding hydrogens is 364 g/mol. The molecule has 2 aromatic carbocycles. The predicted molar refractivity (Wildman–Crippen MR) is 100 cm³/mol. The summed E-state index contributed by atoms with van der Waals surface area (Å²) in [5, 5.41) is 5.17. The van der Waals surface area contributed by atoms with Crippen molar-refractivity contribution >= 4 is 34.9 Å². The Hall–Kier alpha value is -3.68. The summed E-state index contributed by atoms with van der Waals surface area (Å²) in [7, 11) is 0. The number of Topliss-reactive ketones (excluding diaryl/α,β-unsaturated/α-hetero) is 1. The highest BCUT2D eigenvalue weighted by Crippen LogP contribution is 2.29. The molecule has 28 heavy (non-hydrogen) atoms. The molecule has 1 heterocycles. The van der Waals surface area contributed by atoms with Gasteiger partial charge in [-0.25, -0.2) is 0 Å². The van der Waals surface area contributed by atoms with Crippen molar-refractivity contribution in [2.45, 2.75) is 19.4 Å². The number of rotatable bonds is 6. The van der Waals surface area contributed by atoms with E-state index in [2.05, 4.69) is 10.6 Å². The summed E-state index contributed by atoms with van der Waals surface area (Å²) in [6.45, 7) is 0.842. The van der Waals surface area contributed by atoms with Crippen LogP contribution in [0, 0.1) is 0 Å². The highest BCUT2D eigenvalue weighted by molar-refractivity contribution is 6.04. The summed E-state index contributed by atoms with van der Waals surface area (Å²) in [6, 6.07) is 13.4. The molecule has 8 nitrogen and oxygen atoms in total. The van der Waals surface area contributed by atoms with Crippen LogP contribution >= 0.6 is 0 Å². The Labute approximate surface area is 160 Å². The molecule has 2 amide bonds. The Morgan fingerprint density at radius 1 is 1.11 bits per heavy atom. The summed E-state index contributed by atoms with van der Waals surface area (Å²) >= 11 is 0. The first-order chi connectivity index (χ1) is 13.4. The lowest BCUT2D eigenvalue weighted by atomic mass is 10.1. The molecule has 0 saturated carbocycles. The number of ether oxygens (including phenoxy) is 2. The average Bonchev–Trinajstić information content (AvgIpc) is 2.67. The molecule has 0 aromatic heterocycles. The van der Waals surface area contributed by atoms with Crippen molar-refractivity contribution < 1.29 is 28.7 Å². The molecule has 0 bridgehead atoms. The van der Waals surface area contributed by atoms with Crippen LogP contribution < -0.4 is 15.4 Å². The van der Waals surface area contributed by atoms with Gasteiger partial charge in [-0.05, 0) is 31.2 Å². The Kier molecular flexibility index (Phi) is 5.69. The molecule has 3 rings (SSSR count). The summed E-state index contributed by atoms with van der Waals surface area (Å²) in [5.41, 5.74) is 1.22. The van der Waals surface area contributed by atoms with E-state index in [0.29, 0.717) is 22.7 Å². The Balaban J connectivity index is 1.51. The van der Waals surface area contributed by atoms with Crippen LogP contribution in [0.1, 0.15) is 23.7 Å². The van der Waals surface area contributed by atoms with Crippen molar-refractivity contribution in [3.63, 3.8) is 0 Å². The monoisotopic (exact) mass is 382 g/mol. The molecule has 0 spiro atoms. The molecule has 2 aromatic rings. The van der Waals surface area contributed by atoms with Gasteiger partial charge in [-0.15, -0.1) is 0 Å². The number of fused-ring (bicyclic) bond motifs is 1. The maximum absolute atomic E-state index is 12.0. The molecule has 0 radical (unpaired) electrons. The van der Waals surface area contributed by atoms with Gasteiger partial charge >= 0.3 is 5.97 Å². The molecule has 1 aliphatic heterocycles. The van der Waals surface area contributed by atoms with Crippen molar-refractivity contribution in [1.29, 1.82) is 0 Å². The number of anilines is 2. The van der Waals surface area contributed by atoms with Gasteiger partial charge in [0.2, 0.25) is 0 Å². The Bertz CT molecular complexity index is 940. The van der Waals surface area contributed by atoms with E-state index in [1.165, 1.54) is 6.92 Å². The first-order valence-electron chi connectivity index (χ1n) is 8.56. The third kappa shape index (κ3) is 4.53. The van der Waals surface area contributed by atoms with Crippen LogP contribution in [-0.4, -0.2) is 36.3 Å². The zero-order chi connectivity index (χ0) is 20.1. The van der Waals surface area contributed by atoms with E-state index < -0.39 is 30.5 Å². The van der Waals surface area contributed by atoms with E-state index in [4.69, 9.17) is 9.47 Å². The molecule has 1 atom stereocenters. The molecule has 8 heteroatoms. The second-order valence-corrected chi connectivity index (χ2v) is 6.11. The number of carbonyl (C=O) groups excluding carboxylic acids is 4. The average molecular weight is 382 g/mol. The lowest BCUT2D eigenvalue weighted by Gasteiger charge is -2.25. The number of benzene rings is 2. The van der Waals surface area contributed by atoms with Gasteiger partial charge in [0.05, 0.1) is 17.8 Å². The summed E-state index contributed by atoms with van der Waals surface area (Å²) < 4.78 is 10.4. The second kappa shape index (κ2) is 8.34. The smallest absolute Gasteiger partial charge is 0.310 e. The van der Waals surface area contributed by atoms with Crippen LogP contribution in [0.15, 0.2) is 48.5 Å². The fraction of sp³-hybridized carbons (Fsp3) is 0.200. The van der Waals surface area contributed by atoms with Gasteiger partial charge < -0.3 is 20.1 Å². The summed E-state index contributed by atoms with van der Waals surface area (Å²) in [5.74, 6) is -1.56. The number of nitrogens with one attached hydrogen (secondary N) is 2. The molecule has 0 aliphatic carbocycles.